The maximum absolute atomic E-state index is 5.01. The van der Waals surface area contributed by atoms with Gasteiger partial charge in [0.1, 0.15) is 0 Å². The van der Waals surface area contributed by atoms with Crippen molar-refractivity contribution in [2.24, 2.45) is 4.99 Å². The molecule has 4 nitrogen and oxygen atoms in total. The van der Waals surface area contributed by atoms with Gasteiger partial charge in [0, 0.05) is 32.8 Å². The number of hydrogen-bond acceptors (Lipinski definition) is 2. The summed E-state index contributed by atoms with van der Waals surface area (Å²) >= 11 is 0. The summed E-state index contributed by atoms with van der Waals surface area (Å²) in [7, 11) is 1.75. The Hall–Kier alpha value is -0.770. The van der Waals surface area contributed by atoms with Crippen molar-refractivity contribution in [3.05, 3.63) is 0 Å². The maximum atomic E-state index is 5.01. The van der Waals surface area contributed by atoms with Crippen LogP contribution < -0.4 is 10.6 Å². The summed E-state index contributed by atoms with van der Waals surface area (Å²) in [5, 5.41) is 6.65. The van der Waals surface area contributed by atoms with Crippen molar-refractivity contribution in [1.82, 2.24) is 10.6 Å². The van der Waals surface area contributed by atoms with Crippen LogP contribution in [-0.4, -0.2) is 38.8 Å². The van der Waals surface area contributed by atoms with Gasteiger partial charge in [-0.3, -0.25) is 4.99 Å². The summed E-state index contributed by atoms with van der Waals surface area (Å²) < 4.78 is 5.01. The number of nitrogens with zero attached hydrogens (tertiary/aromatic N) is 1. The molecule has 0 aromatic carbocycles. The zero-order valence-corrected chi connectivity index (χ0v) is 11.9. The van der Waals surface area contributed by atoms with Gasteiger partial charge in [-0.25, -0.2) is 0 Å². The van der Waals surface area contributed by atoms with Crippen molar-refractivity contribution < 1.29 is 4.74 Å². The Morgan fingerprint density at radius 3 is 2.59 bits per heavy atom. The molecule has 0 aromatic heterocycles. The van der Waals surface area contributed by atoms with E-state index in [1.165, 1.54) is 6.42 Å². The maximum Gasteiger partial charge on any atom is 0.191 e. The second kappa shape index (κ2) is 11.7. The molecule has 0 spiro atoms. The first-order valence-corrected chi connectivity index (χ1v) is 6.78. The fourth-order valence-corrected chi connectivity index (χ4v) is 1.38. The SMILES string of the molecule is CCNC(=NCCCCCOC)NC(C)CC. The molecule has 0 heterocycles. The lowest BCUT2D eigenvalue weighted by Crippen LogP contribution is -2.42. The van der Waals surface area contributed by atoms with Crippen LogP contribution in [0.15, 0.2) is 4.99 Å². The number of guanidine groups is 1. The molecular formula is C13H29N3O. The van der Waals surface area contributed by atoms with Crippen molar-refractivity contribution in [1.29, 1.82) is 0 Å². The first-order valence-electron chi connectivity index (χ1n) is 6.78. The fraction of sp³-hybridized carbons (Fsp3) is 0.923. The Kier molecular flexibility index (Phi) is 11.2. The zero-order chi connectivity index (χ0) is 12.9. The molecule has 0 saturated carbocycles. The third kappa shape index (κ3) is 10.1. The van der Waals surface area contributed by atoms with Crippen LogP contribution in [0.25, 0.3) is 0 Å². The van der Waals surface area contributed by atoms with Gasteiger partial charge in [-0.15, -0.1) is 0 Å². The fourth-order valence-electron chi connectivity index (χ4n) is 1.38. The molecule has 0 aliphatic heterocycles. The average Bonchev–Trinajstić information content (AvgIpc) is 2.33. The van der Waals surface area contributed by atoms with E-state index in [0.717, 1.165) is 44.9 Å². The van der Waals surface area contributed by atoms with Gasteiger partial charge in [-0.2, -0.15) is 0 Å². The Labute approximate surface area is 106 Å². The summed E-state index contributed by atoms with van der Waals surface area (Å²) in [4.78, 5) is 4.55. The van der Waals surface area contributed by atoms with Crippen LogP contribution in [0.5, 0.6) is 0 Å². The van der Waals surface area contributed by atoms with E-state index in [1.807, 2.05) is 0 Å². The summed E-state index contributed by atoms with van der Waals surface area (Å²) in [5.41, 5.74) is 0. The molecule has 2 N–H and O–H groups in total. The van der Waals surface area contributed by atoms with Gasteiger partial charge in [0.05, 0.1) is 0 Å². The predicted octanol–water partition coefficient (Wildman–Crippen LogP) is 2.16. The lowest BCUT2D eigenvalue weighted by Gasteiger charge is -2.16. The van der Waals surface area contributed by atoms with Gasteiger partial charge >= 0.3 is 0 Å². The number of hydrogen-bond donors (Lipinski definition) is 2. The highest BCUT2D eigenvalue weighted by Crippen LogP contribution is 1.96. The molecule has 0 aromatic rings. The molecule has 0 fully saturated rings. The number of aliphatic imine (C=N–C) groups is 1. The molecule has 1 unspecified atom stereocenters. The number of rotatable bonds is 9. The topological polar surface area (TPSA) is 45.7 Å². The van der Waals surface area contributed by atoms with Crippen molar-refractivity contribution in [3.8, 4) is 0 Å². The second-order valence-electron chi connectivity index (χ2n) is 4.27. The van der Waals surface area contributed by atoms with Gasteiger partial charge in [0.15, 0.2) is 5.96 Å². The highest BCUT2D eigenvalue weighted by atomic mass is 16.5. The number of unbranched alkanes of at least 4 members (excludes halogenated alkanes) is 2. The highest BCUT2D eigenvalue weighted by molar-refractivity contribution is 5.79. The minimum absolute atomic E-state index is 0.473. The van der Waals surface area contributed by atoms with E-state index < -0.39 is 0 Å². The summed E-state index contributed by atoms with van der Waals surface area (Å²) in [5.74, 6) is 0.939. The van der Waals surface area contributed by atoms with Crippen LogP contribution >= 0.6 is 0 Å². The third-order valence-corrected chi connectivity index (χ3v) is 2.62. The number of nitrogens with one attached hydrogen (secondary N) is 2. The van der Waals surface area contributed by atoms with Crippen LogP contribution in [0, 0.1) is 0 Å². The van der Waals surface area contributed by atoms with E-state index in [0.29, 0.717) is 6.04 Å². The van der Waals surface area contributed by atoms with Crippen LogP contribution in [-0.2, 0) is 4.74 Å². The Bertz CT molecular complexity index is 195. The summed E-state index contributed by atoms with van der Waals surface area (Å²) in [6, 6.07) is 0.473. The minimum atomic E-state index is 0.473. The summed E-state index contributed by atoms with van der Waals surface area (Å²) in [6.07, 6.45) is 4.54. The van der Waals surface area contributed by atoms with Crippen molar-refractivity contribution in [2.45, 2.75) is 52.5 Å². The van der Waals surface area contributed by atoms with Crippen molar-refractivity contribution >= 4 is 5.96 Å². The largest absolute Gasteiger partial charge is 0.385 e. The predicted molar refractivity (Wildman–Crippen MR) is 74.6 cm³/mol. The van der Waals surface area contributed by atoms with Gasteiger partial charge in [-0.1, -0.05) is 6.92 Å². The van der Waals surface area contributed by atoms with Crippen LogP contribution in [0.3, 0.4) is 0 Å². The molecule has 1 atom stereocenters. The average molecular weight is 243 g/mol. The molecule has 0 aliphatic rings. The van der Waals surface area contributed by atoms with E-state index in [4.69, 9.17) is 4.74 Å². The Morgan fingerprint density at radius 2 is 2.00 bits per heavy atom. The van der Waals surface area contributed by atoms with Gasteiger partial charge < -0.3 is 15.4 Å². The standard InChI is InChI=1S/C13H29N3O/c1-5-12(3)16-13(14-6-2)15-10-8-7-9-11-17-4/h12H,5-11H2,1-4H3,(H2,14,15,16). The first kappa shape index (κ1) is 16.2. The van der Waals surface area contributed by atoms with Crippen molar-refractivity contribution in [3.63, 3.8) is 0 Å². The van der Waals surface area contributed by atoms with Crippen LogP contribution in [0.1, 0.15) is 46.5 Å². The van der Waals surface area contributed by atoms with E-state index in [9.17, 15) is 0 Å². The molecule has 0 saturated heterocycles. The Morgan fingerprint density at radius 1 is 1.24 bits per heavy atom. The lowest BCUT2D eigenvalue weighted by atomic mass is 10.2. The molecule has 0 amide bonds. The molecular weight excluding hydrogens is 214 g/mol. The number of methoxy groups -OCH3 is 1. The normalized spacial score (nSPS) is 13.5. The Balaban J connectivity index is 3.78. The minimum Gasteiger partial charge on any atom is -0.385 e. The monoisotopic (exact) mass is 243 g/mol. The smallest absolute Gasteiger partial charge is 0.191 e. The zero-order valence-electron chi connectivity index (χ0n) is 11.9. The van der Waals surface area contributed by atoms with Crippen molar-refractivity contribution in [2.75, 3.05) is 26.8 Å². The van der Waals surface area contributed by atoms with E-state index in [1.54, 1.807) is 7.11 Å². The van der Waals surface area contributed by atoms with Crippen LogP contribution in [0.4, 0.5) is 0 Å². The highest BCUT2D eigenvalue weighted by Gasteiger charge is 2.01. The van der Waals surface area contributed by atoms with E-state index in [-0.39, 0.29) is 0 Å². The quantitative estimate of drug-likeness (QED) is 0.370. The van der Waals surface area contributed by atoms with Gasteiger partial charge in [0.25, 0.3) is 0 Å². The van der Waals surface area contributed by atoms with Gasteiger partial charge in [0.2, 0.25) is 0 Å². The molecule has 0 rings (SSSR count). The molecule has 0 aliphatic carbocycles. The van der Waals surface area contributed by atoms with Gasteiger partial charge in [-0.05, 0) is 39.5 Å². The molecule has 0 bridgehead atoms. The number of ether oxygens (including phenoxy) is 1. The summed E-state index contributed by atoms with van der Waals surface area (Å²) in [6.45, 7) is 9.08. The van der Waals surface area contributed by atoms with E-state index >= 15 is 0 Å². The molecule has 17 heavy (non-hydrogen) atoms. The first-order chi connectivity index (χ1) is 8.24. The second-order valence-corrected chi connectivity index (χ2v) is 4.27. The van der Waals surface area contributed by atoms with Crippen LogP contribution in [0.2, 0.25) is 0 Å². The third-order valence-electron chi connectivity index (χ3n) is 2.62. The molecule has 102 valence electrons. The molecule has 4 heteroatoms. The van der Waals surface area contributed by atoms with E-state index in [2.05, 4.69) is 36.4 Å². The molecule has 0 radical (unpaired) electrons. The lowest BCUT2D eigenvalue weighted by molar-refractivity contribution is 0.192.